The van der Waals surface area contributed by atoms with Gasteiger partial charge in [-0.2, -0.15) is 0 Å². The normalized spacial score (nSPS) is 21.1. The van der Waals surface area contributed by atoms with Crippen molar-refractivity contribution in [2.75, 3.05) is 11.9 Å². The van der Waals surface area contributed by atoms with E-state index in [-0.39, 0.29) is 0 Å². The highest BCUT2D eigenvalue weighted by Crippen LogP contribution is 2.28. The number of hydrogen-bond donors (Lipinski definition) is 2. The Kier molecular flexibility index (Phi) is 4.62. The van der Waals surface area contributed by atoms with Crippen LogP contribution in [-0.2, 0) is 13.0 Å². The van der Waals surface area contributed by atoms with Gasteiger partial charge < -0.3 is 10.6 Å². The molecule has 2 nitrogen and oxygen atoms in total. The van der Waals surface area contributed by atoms with Crippen LogP contribution in [0.25, 0.3) is 0 Å². The van der Waals surface area contributed by atoms with Crippen molar-refractivity contribution in [2.24, 2.45) is 5.92 Å². The van der Waals surface area contributed by atoms with Crippen LogP contribution < -0.4 is 10.6 Å². The molecule has 1 aliphatic heterocycles. The second-order valence-electron chi connectivity index (χ2n) is 6.55. The summed E-state index contributed by atoms with van der Waals surface area (Å²) >= 11 is 0. The maximum Gasteiger partial charge on any atom is 0.0418 e. The molecule has 2 N–H and O–H groups in total. The zero-order valence-electron chi connectivity index (χ0n) is 12.8. The highest BCUT2D eigenvalue weighted by molar-refractivity contribution is 5.59. The number of para-hydroxylation sites is 1. The first kappa shape index (κ1) is 13.9. The van der Waals surface area contributed by atoms with Gasteiger partial charge in [0.05, 0.1) is 0 Å². The fourth-order valence-corrected chi connectivity index (χ4v) is 3.80. The van der Waals surface area contributed by atoms with Crippen molar-refractivity contribution in [2.45, 2.75) is 64.5 Å². The van der Waals surface area contributed by atoms with Gasteiger partial charge in [0.15, 0.2) is 0 Å². The van der Waals surface area contributed by atoms with Crippen molar-refractivity contribution in [3.8, 4) is 0 Å². The molecule has 0 bridgehead atoms. The Balaban J connectivity index is 1.60. The summed E-state index contributed by atoms with van der Waals surface area (Å²) in [7, 11) is 0. The Hall–Kier alpha value is -1.02. The lowest BCUT2D eigenvalue weighted by atomic mass is 9.84. The predicted molar refractivity (Wildman–Crippen MR) is 86.1 cm³/mol. The first-order chi connectivity index (χ1) is 9.84. The largest absolute Gasteiger partial charge is 0.385 e. The number of rotatable bonds is 4. The smallest absolute Gasteiger partial charge is 0.0418 e. The number of nitrogens with one attached hydrogen (secondary N) is 2. The zero-order valence-corrected chi connectivity index (χ0v) is 12.8. The molecular formula is C18H28N2. The standard InChI is InChI=1S/C18H28N2/c1-14(15-7-3-2-4-8-15)20-13-17-10-5-9-16-11-6-12-19-18(16)17/h5,9-10,14-15,19-20H,2-4,6-8,11-13H2,1H3/t14-/m1/s1. The Morgan fingerprint density at radius 2 is 2.05 bits per heavy atom. The summed E-state index contributed by atoms with van der Waals surface area (Å²) in [5.41, 5.74) is 4.35. The third-order valence-corrected chi connectivity index (χ3v) is 5.13. The van der Waals surface area contributed by atoms with Gasteiger partial charge in [0.25, 0.3) is 0 Å². The molecule has 2 aliphatic rings. The molecule has 20 heavy (non-hydrogen) atoms. The van der Waals surface area contributed by atoms with Crippen molar-refractivity contribution >= 4 is 5.69 Å². The maximum atomic E-state index is 3.78. The number of anilines is 1. The van der Waals surface area contributed by atoms with Crippen molar-refractivity contribution in [1.29, 1.82) is 0 Å². The van der Waals surface area contributed by atoms with E-state index in [0.29, 0.717) is 6.04 Å². The molecule has 0 amide bonds. The van der Waals surface area contributed by atoms with Crippen molar-refractivity contribution in [3.05, 3.63) is 29.3 Å². The fraction of sp³-hybridized carbons (Fsp3) is 0.667. The van der Waals surface area contributed by atoms with E-state index in [4.69, 9.17) is 0 Å². The average molecular weight is 272 g/mol. The first-order valence-electron chi connectivity index (χ1n) is 8.42. The van der Waals surface area contributed by atoms with Crippen LogP contribution >= 0.6 is 0 Å². The van der Waals surface area contributed by atoms with Crippen LogP contribution in [0.15, 0.2) is 18.2 Å². The van der Waals surface area contributed by atoms with Crippen molar-refractivity contribution in [3.63, 3.8) is 0 Å². The molecule has 1 aromatic carbocycles. The lowest BCUT2D eigenvalue weighted by Crippen LogP contribution is -2.34. The second kappa shape index (κ2) is 6.62. The molecule has 1 aromatic rings. The summed E-state index contributed by atoms with van der Waals surface area (Å²) in [6.45, 7) is 4.51. The lowest BCUT2D eigenvalue weighted by Gasteiger charge is -2.29. The van der Waals surface area contributed by atoms with Gasteiger partial charge in [0, 0.05) is 24.8 Å². The number of benzene rings is 1. The van der Waals surface area contributed by atoms with E-state index >= 15 is 0 Å². The van der Waals surface area contributed by atoms with E-state index in [0.717, 1.165) is 19.0 Å². The Bertz CT molecular complexity index is 435. The van der Waals surface area contributed by atoms with E-state index in [1.807, 2.05) is 0 Å². The van der Waals surface area contributed by atoms with Gasteiger partial charge >= 0.3 is 0 Å². The van der Waals surface area contributed by atoms with Crippen LogP contribution in [0.3, 0.4) is 0 Å². The molecule has 1 atom stereocenters. The molecule has 0 unspecified atom stereocenters. The third kappa shape index (κ3) is 3.17. The predicted octanol–water partition coefficient (Wildman–Crippen LogP) is 4.10. The number of fused-ring (bicyclic) bond motifs is 1. The quantitative estimate of drug-likeness (QED) is 0.862. The van der Waals surface area contributed by atoms with E-state index in [2.05, 4.69) is 35.8 Å². The Labute approximate surface area is 123 Å². The van der Waals surface area contributed by atoms with Gasteiger partial charge in [0.2, 0.25) is 0 Å². The Morgan fingerprint density at radius 3 is 2.90 bits per heavy atom. The summed E-state index contributed by atoms with van der Waals surface area (Å²) in [6.07, 6.45) is 9.63. The minimum absolute atomic E-state index is 0.648. The SMILES string of the molecule is C[C@@H](NCc1cccc2c1NCCC2)C1CCCCC1. The van der Waals surface area contributed by atoms with Gasteiger partial charge in [-0.3, -0.25) is 0 Å². The summed E-state index contributed by atoms with van der Waals surface area (Å²) < 4.78 is 0. The van der Waals surface area contributed by atoms with Crippen LogP contribution in [0, 0.1) is 5.92 Å². The summed E-state index contributed by atoms with van der Waals surface area (Å²) in [4.78, 5) is 0. The molecule has 2 heteroatoms. The molecule has 1 saturated carbocycles. The molecule has 0 spiro atoms. The first-order valence-corrected chi connectivity index (χ1v) is 8.42. The third-order valence-electron chi connectivity index (χ3n) is 5.13. The van der Waals surface area contributed by atoms with E-state index in [1.165, 1.54) is 61.8 Å². The van der Waals surface area contributed by atoms with E-state index in [1.54, 1.807) is 0 Å². The van der Waals surface area contributed by atoms with Crippen molar-refractivity contribution < 1.29 is 0 Å². The second-order valence-corrected chi connectivity index (χ2v) is 6.55. The monoisotopic (exact) mass is 272 g/mol. The molecule has 1 aliphatic carbocycles. The summed E-state index contributed by atoms with van der Waals surface area (Å²) in [6, 6.07) is 7.41. The maximum absolute atomic E-state index is 3.78. The van der Waals surface area contributed by atoms with Gasteiger partial charge in [-0.1, -0.05) is 37.5 Å². The minimum atomic E-state index is 0.648. The van der Waals surface area contributed by atoms with Gasteiger partial charge in [-0.15, -0.1) is 0 Å². The van der Waals surface area contributed by atoms with Crippen LogP contribution in [0.4, 0.5) is 5.69 Å². The molecular weight excluding hydrogens is 244 g/mol. The minimum Gasteiger partial charge on any atom is -0.385 e. The van der Waals surface area contributed by atoms with Gasteiger partial charge in [0.1, 0.15) is 0 Å². The highest BCUT2D eigenvalue weighted by atomic mass is 14.9. The molecule has 0 radical (unpaired) electrons. The van der Waals surface area contributed by atoms with E-state index < -0.39 is 0 Å². The fourth-order valence-electron chi connectivity index (χ4n) is 3.80. The van der Waals surface area contributed by atoms with Gasteiger partial charge in [-0.05, 0) is 49.7 Å². The van der Waals surface area contributed by atoms with Crippen LogP contribution in [-0.4, -0.2) is 12.6 Å². The number of aryl methyl sites for hydroxylation is 1. The number of hydrogen-bond acceptors (Lipinski definition) is 2. The molecule has 3 rings (SSSR count). The zero-order chi connectivity index (χ0) is 13.8. The van der Waals surface area contributed by atoms with Crippen molar-refractivity contribution in [1.82, 2.24) is 5.32 Å². The van der Waals surface area contributed by atoms with Gasteiger partial charge in [-0.25, -0.2) is 0 Å². The topological polar surface area (TPSA) is 24.1 Å². The Morgan fingerprint density at radius 1 is 1.20 bits per heavy atom. The average Bonchev–Trinajstić information content (AvgIpc) is 2.53. The molecule has 0 saturated heterocycles. The van der Waals surface area contributed by atoms with Crippen LogP contribution in [0.2, 0.25) is 0 Å². The molecule has 1 fully saturated rings. The highest BCUT2D eigenvalue weighted by Gasteiger charge is 2.20. The molecule has 1 heterocycles. The summed E-state index contributed by atoms with van der Waals surface area (Å²) in [5, 5.41) is 7.37. The van der Waals surface area contributed by atoms with Crippen LogP contribution in [0.1, 0.15) is 56.6 Å². The molecule has 110 valence electrons. The van der Waals surface area contributed by atoms with Crippen LogP contribution in [0.5, 0.6) is 0 Å². The summed E-state index contributed by atoms with van der Waals surface area (Å²) in [5.74, 6) is 0.885. The molecule has 0 aromatic heterocycles. The van der Waals surface area contributed by atoms with E-state index in [9.17, 15) is 0 Å². The lowest BCUT2D eigenvalue weighted by molar-refractivity contribution is 0.280.